The van der Waals surface area contributed by atoms with Crippen LogP contribution in [-0.2, 0) is 16.6 Å². The molecule has 1 heterocycles. The lowest BCUT2D eigenvalue weighted by Crippen LogP contribution is -2.28. The van der Waals surface area contributed by atoms with E-state index in [9.17, 15) is 8.42 Å². The van der Waals surface area contributed by atoms with Crippen molar-refractivity contribution in [1.82, 2.24) is 4.31 Å². The van der Waals surface area contributed by atoms with Crippen LogP contribution < -0.4 is 9.62 Å². The number of anilines is 2. The van der Waals surface area contributed by atoms with E-state index in [1.54, 1.807) is 6.07 Å². The van der Waals surface area contributed by atoms with Crippen molar-refractivity contribution in [2.75, 3.05) is 37.3 Å². The third kappa shape index (κ3) is 2.37. The van der Waals surface area contributed by atoms with Crippen molar-refractivity contribution in [2.45, 2.75) is 6.42 Å². The Morgan fingerprint density at radius 1 is 1.35 bits per heavy atom. The molecule has 1 aliphatic heterocycles. The van der Waals surface area contributed by atoms with Gasteiger partial charge in [0.15, 0.2) is 0 Å². The van der Waals surface area contributed by atoms with Crippen molar-refractivity contribution in [2.24, 2.45) is 0 Å². The third-order valence-corrected chi connectivity index (χ3v) is 4.39. The molecule has 0 saturated heterocycles. The van der Waals surface area contributed by atoms with E-state index in [0.717, 1.165) is 17.3 Å². The van der Waals surface area contributed by atoms with Crippen LogP contribution in [0.5, 0.6) is 0 Å². The summed E-state index contributed by atoms with van der Waals surface area (Å²) < 4.78 is 27.0. The molecule has 1 N–H and O–H groups in total. The Bertz CT molecular complexity index is 526. The first-order valence-electron chi connectivity index (χ1n) is 5.44. The van der Waals surface area contributed by atoms with Crippen LogP contribution in [0.1, 0.15) is 5.56 Å². The SMILES string of the molecule is CN1CCc2cc(NS(=O)(=O)N(C)C)ccc21. The summed E-state index contributed by atoms with van der Waals surface area (Å²) in [5.74, 6) is 0. The van der Waals surface area contributed by atoms with Crippen molar-refractivity contribution in [3.05, 3.63) is 23.8 Å². The molecule has 94 valence electrons. The fourth-order valence-corrected chi connectivity index (χ4v) is 2.48. The van der Waals surface area contributed by atoms with Crippen molar-refractivity contribution in [3.63, 3.8) is 0 Å². The van der Waals surface area contributed by atoms with Gasteiger partial charge in [0.2, 0.25) is 0 Å². The Morgan fingerprint density at radius 3 is 2.71 bits per heavy atom. The highest BCUT2D eigenvalue weighted by Gasteiger charge is 2.18. The second-order valence-corrected chi connectivity index (χ2v) is 6.29. The molecule has 0 fully saturated rings. The van der Waals surface area contributed by atoms with Gasteiger partial charge >= 0.3 is 10.2 Å². The predicted octanol–water partition coefficient (Wildman–Crippen LogP) is 0.897. The average Bonchev–Trinajstić information content (AvgIpc) is 2.59. The van der Waals surface area contributed by atoms with Crippen LogP contribution in [0.15, 0.2) is 18.2 Å². The first kappa shape index (κ1) is 12.2. The summed E-state index contributed by atoms with van der Waals surface area (Å²) in [4.78, 5) is 2.17. The van der Waals surface area contributed by atoms with Gasteiger partial charge in [-0.2, -0.15) is 12.7 Å². The van der Waals surface area contributed by atoms with Crippen molar-refractivity contribution >= 4 is 21.6 Å². The summed E-state index contributed by atoms with van der Waals surface area (Å²) in [7, 11) is 1.63. The third-order valence-electron chi connectivity index (χ3n) is 2.93. The summed E-state index contributed by atoms with van der Waals surface area (Å²) >= 11 is 0. The Morgan fingerprint density at radius 2 is 2.06 bits per heavy atom. The Balaban J connectivity index is 2.26. The van der Waals surface area contributed by atoms with Crippen LogP contribution in [0, 0.1) is 0 Å². The normalized spacial score (nSPS) is 15.2. The predicted molar refractivity (Wildman–Crippen MR) is 69.6 cm³/mol. The molecule has 1 aromatic carbocycles. The molecule has 0 saturated carbocycles. The first-order valence-corrected chi connectivity index (χ1v) is 6.88. The van der Waals surface area contributed by atoms with Crippen LogP contribution in [-0.4, -0.2) is 40.4 Å². The molecule has 6 heteroatoms. The Labute approximate surface area is 102 Å². The molecular weight excluding hydrogens is 238 g/mol. The summed E-state index contributed by atoms with van der Waals surface area (Å²) in [6.07, 6.45) is 0.962. The van der Waals surface area contributed by atoms with E-state index in [0.29, 0.717) is 5.69 Å². The molecule has 2 rings (SSSR count). The molecule has 0 unspecified atom stereocenters. The highest BCUT2D eigenvalue weighted by molar-refractivity contribution is 7.90. The van der Waals surface area contributed by atoms with Gasteiger partial charge in [-0.25, -0.2) is 0 Å². The minimum Gasteiger partial charge on any atom is -0.374 e. The van der Waals surface area contributed by atoms with Crippen molar-refractivity contribution in [1.29, 1.82) is 0 Å². The molecule has 5 nitrogen and oxygen atoms in total. The molecule has 17 heavy (non-hydrogen) atoms. The number of hydrogen-bond donors (Lipinski definition) is 1. The average molecular weight is 255 g/mol. The van der Waals surface area contributed by atoms with E-state index in [2.05, 4.69) is 9.62 Å². The number of benzene rings is 1. The van der Waals surface area contributed by atoms with Crippen LogP contribution in [0.25, 0.3) is 0 Å². The fourth-order valence-electron chi connectivity index (χ4n) is 1.87. The van der Waals surface area contributed by atoms with Gasteiger partial charge in [0, 0.05) is 33.4 Å². The van der Waals surface area contributed by atoms with Crippen LogP contribution in [0.3, 0.4) is 0 Å². The van der Waals surface area contributed by atoms with Crippen molar-refractivity contribution < 1.29 is 8.42 Å². The molecule has 0 aliphatic carbocycles. The van der Waals surface area contributed by atoms with E-state index >= 15 is 0 Å². The highest BCUT2D eigenvalue weighted by atomic mass is 32.2. The Kier molecular flexibility index (Phi) is 3.01. The van der Waals surface area contributed by atoms with E-state index in [4.69, 9.17) is 0 Å². The monoisotopic (exact) mass is 255 g/mol. The molecule has 1 aliphatic rings. The number of likely N-dealkylation sites (N-methyl/N-ethyl adjacent to an activating group) is 1. The first-order chi connectivity index (χ1) is 7.90. The Hall–Kier alpha value is -1.27. The molecule has 0 aromatic heterocycles. The molecular formula is C11H17N3O2S. The van der Waals surface area contributed by atoms with E-state index in [1.807, 2.05) is 19.2 Å². The molecule has 0 bridgehead atoms. The van der Waals surface area contributed by atoms with E-state index in [-0.39, 0.29) is 0 Å². The van der Waals surface area contributed by atoms with Gasteiger partial charge in [-0.1, -0.05) is 0 Å². The molecule has 0 radical (unpaired) electrons. The fraction of sp³-hybridized carbons (Fsp3) is 0.455. The van der Waals surface area contributed by atoms with E-state index < -0.39 is 10.2 Å². The maximum Gasteiger partial charge on any atom is 0.301 e. The summed E-state index contributed by atoms with van der Waals surface area (Å²) in [6, 6.07) is 5.65. The quantitative estimate of drug-likeness (QED) is 0.873. The maximum atomic E-state index is 11.7. The standard InChI is InChI=1S/C11H17N3O2S/c1-13(2)17(15,16)12-10-4-5-11-9(8-10)6-7-14(11)3/h4-5,8,12H,6-7H2,1-3H3. The van der Waals surface area contributed by atoms with Gasteiger partial charge in [0.1, 0.15) is 0 Å². The zero-order chi connectivity index (χ0) is 12.6. The highest BCUT2D eigenvalue weighted by Crippen LogP contribution is 2.29. The van der Waals surface area contributed by atoms with Crippen molar-refractivity contribution in [3.8, 4) is 0 Å². The number of hydrogen-bond acceptors (Lipinski definition) is 3. The molecule has 0 atom stereocenters. The second-order valence-electron chi connectivity index (χ2n) is 4.40. The summed E-state index contributed by atoms with van der Waals surface area (Å²) in [6.45, 7) is 0.985. The van der Waals surface area contributed by atoms with Gasteiger partial charge in [-0.15, -0.1) is 0 Å². The minimum atomic E-state index is -3.41. The lowest BCUT2D eigenvalue weighted by atomic mass is 10.1. The number of fused-ring (bicyclic) bond motifs is 1. The van der Waals surface area contributed by atoms with Crippen LogP contribution >= 0.6 is 0 Å². The second kappa shape index (κ2) is 4.19. The lowest BCUT2D eigenvalue weighted by Gasteiger charge is -2.15. The van der Waals surface area contributed by atoms with E-state index in [1.165, 1.54) is 25.3 Å². The molecule has 1 aromatic rings. The molecule has 0 amide bonds. The van der Waals surface area contributed by atoms with Gasteiger partial charge in [0.25, 0.3) is 0 Å². The number of rotatable bonds is 3. The largest absolute Gasteiger partial charge is 0.374 e. The number of nitrogens with zero attached hydrogens (tertiary/aromatic N) is 2. The van der Waals surface area contributed by atoms with Gasteiger partial charge < -0.3 is 4.90 Å². The smallest absolute Gasteiger partial charge is 0.301 e. The lowest BCUT2D eigenvalue weighted by molar-refractivity contribution is 0.527. The van der Waals surface area contributed by atoms with Crippen LogP contribution in [0.2, 0.25) is 0 Å². The topological polar surface area (TPSA) is 52.7 Å². The van der Waals surface area contributed by atoms with Gasteiger partial charge in [-0.05, 0) is 30.2 Å². The zero-order valence-corrected chi connectivity index (χ0v) is 11.1. The summed E-state index contributed by atoms with van der Waals surface area (Å²) in [5.41, 5.74) is 2.98. The van der Waals surface area contributed by atoms with Crippen LogP contribution in [0.4, 0.5) is 11.4 Å². The van der Waals surface area contributed by atoms with Gasteiger partial charge in [0.05, 0.1) is 5.69 Å². The minimum absolute atomic E-state index is 0.618. The zero-order valence-electron chi connectivity index (χ0n) is 10.3. The summed E-state index contributed by atoms with van der Waals surface area (Å²) in [5, 5.41) is 0. The van der Waals surface area contributed by atoms with Gasteiger partial charge in [-0.3, -0.25) is 4.72 Å². The number of nitrogens with one attached hydrogen (secondary N) is 1. The molecule has 0 spiro atoms. The maximum absolute atomic E-state index is 11.7.